The molecule has 3 rings (SSSR count). The van der Waals surface area contributed by atoms with E-state index >= 15 is 0 Å². The Morgan fingerprint density at radius 3 is 2.53 bits per heavy atom. The summed E-state index contributed by atoms with van der Waals surface area (Å²) >= 11 is 0. The van der Waals surface area contributed by atoms with E-state index < -0.39 is 6.04 Å². The van der Waals surface area contributed by atoms with Crippen molar-refractivity contribution in [2.45, 2.75) is 13.0 Å². The molecule has 1 heterocycles. The summed E-state index contributed by atoms with van der Waals surface area (Å²) in [5.41, 5.74) is 3.19. The number of carbonyl (C=O) groups is 1. The van der Waals surface area contributed by atoms with Crippen molar-refractivity contribution >= 4 is 17.3 Å². The Labute approximate surface area is 110 Å². The summed E-state index contributed by atoms with van der Waals surface area (Å²) in [7, 11) is 0. The number of fused-ring (bicyclic) bond motifs is 1. The fraction of sp³-hybridized carbons (Fsp3) is 0.133. The van der Waals surface area contributed by atoms with Gasteiger partial charge in [0.15, 0.2) is 6.04 Å². The third-order valence-electron chi connectivity index (χ3n) is 3.29. The molecule has 0 radical (unpaired) electrons. The number of nitrogens with zero attached hydrogens (tertiary/aromatic N) is 2. The first-order valence-electron chi connectivity index (χ1n) is 6.04. The van der Waals surface area contributed by atoms with Crippen molar-refractivity contribution in [3.63, 3.8) is 0 Å². The molecule has 2 aromatic carbocycles. The Morgan fingerprint density at radius 1 is 1.11 bits per heavy atom. The lowest BCUT2D eigenvalue weighted by Crippen LogP contribution is -2.22. The van der Waals surface area contributed by atoms with E-state index in [1.165, 1.54) is 0 Å². The minimum Gasteiger partial charge on any atom is -0.278 e. The smallest absolute Gasteiger partial charge is 0.264 e. The molecule has 0 N–H and O–H groups in total. The minimum absolute atomic E-state index is 0.290. The van der Waals surface area contributed by atoms with E-state index in [2.05, 4.69) is 5.18 Å². The van der Waals surface area contributed by atoms with Crippen molar-refractivity contribution in [2.75, 3.05) is 4.90 Å². The molecular formula is C15H12N2O2. The van der Waals surface area contributed by atoms with Gasteiger partial charge in [-0.1, -0.05) is 41.1 Å². The molecule has 0 fully saturated rings. The Bertz CT molecular complexity index is 652. The van der Waals surface area contributed by atoms with Gasteiger partial charge >= 0.3 is 0 Å². The second-order valence-corrected chi connectivity index (χ2v) is 4.58. The zero-order valence-corrected chi connectivity index (χ0v) is 10.4. The van der Waals surface area contributed by atoms with Crippen LogP contribution in [0.5, 0.6) is 0 Å². The lowest BCUT2D eigenvalue weighted by atomic mass is 10.1. The zero-order valence-electron chi connectivity index (χ0n) is 10.4. The van der Waals surface area contributed by atoms with Gasteiger partial charge in [-0.15, -0.1) is 4.91 Å². The first-order valence-corrected chi connectivity index (χ1v) is 6.04. The summed E-state index contributed by atoms with van der Waals surface area (Å²) in [6, 6.07) is 14.0. The maximum absolute atomic E-state index is 12.3. The van der Waals surface area contributed by atoms with Crippen LogP contribution in [-0.2, 0) is 4.79 Å². The quantitative estimate of drug-likeness (QED) is 0.768. The van der Waals surface area contributed by atoms with Crippen LogP contribution in [0.3, 0.4) is 0 Å². The number of nitroso groups, excluding NO2 is 1. The van der Waals surface area contributed by atoms with Crippen LogP contribution < -0.4 is 4.90 Å². The van der Waals surface area contributed by atoms with Gasteiger partial charge in [-0.05, 0) is 25.1 Å². The summed E-state index contributed by atoms with van der Waals surface area (Å²) in [6.07, 6.45) is 0. The van der Waals surface area contributed by atoms with Gasteiger partial charge in [0.25, 0.3) is 5.91 Å². The van der Waals surface area contributed by atoms with Crippen molar-refractivity contribution in [3.8, 4) is 0 Å². The number of hydrogen-bond acceptors (Lipinski definition) is 3. The standard InChI is InChI=1S/C15H12N2O2/c1-10-7-8-13-12(9-10)14(16-19)15(18)17(13)11-5-3-2-4-6-11/h2-9,14H,1H3. The van der Waals surface area contributed by atoms with Crippen molar-refractivity contribution in [1.29, 1.82) is 0 Å². The molecule has 1 amide bonds. The zero-order chi connectivity index (χ0) is 13.4. The van der Waals surface area contributed by atoms with Crippen LogP contribution >= 0.6 is 0 Å². The number of amides is 1. The van der Waals surface area contributed by atoms with Crippen LogP contribution in [0.2, 0.25) is 0 Å². The highest BCUT2D eigenvalue weighted by Crippen LogP contribution is 2.42. The van der Waals surface area contributed by atoms with E-state index in [1.807, 2.05) is 55.5 Å². The maximum Gasteiger partial charge on any atom is 0.264 e. The van der Waals surface area contributed by atoms with E-state index in [-0.39, 0.29) is 5.91 Å². The van der Waals surface area contributed by atoms with Crippen molar-refractivity contribution < 1.29 is 4.79 Å². The number of carbonyl (C=O) groups excluding carboxylic acids is 1. The second kappa shape index (κ2) is 4.31. The minimum atomic E-state index is -0.935. The molecule has 94 valence electrons. The molecule has 4 nitrogen and oxygen atoms in total. The highest BCUT2D eigenvalue weighted by atomic mass is 16.3. The first kappa shape index (κ1) is 11.6. The lowest BCUT2D eigenvalue weighted by Gasteiger charge is -2.17. The summed E-state index contributed by atoms with van der Waals surface area (Å²) in [5, 5.41) is 2.99. The Kier molecular flexibility index (Phi) is 2.63. The molecule has 0 saturated heterocycles. The average molecular weight is 252 g/mol. The largest absolute Gasteiger partial charge is 0.278 e. The van der Waals surface area contributed by atoms with Crippen LogP contribution in [0.15, 0.2) is 53.7 Å². The second-order valence-electron chi connectivity index (χ2n) is 4.58. The van der Waals surface area contributed by atoms with Gasteiger partial charge < -0.3 is 0 Å². The summed E-state index contributed by atoms with van der Waals surface area (Å²) in [4.78, 5) is 24.9. The molecule has 1 unspecified atom stereocenters. The number of aryl methyl sites for hydroxylation is 1. The van der Waals surface area contributed by atoms with Crippen LogP contribution in [-0.4, -0.2) is 5.91 Å². The van der Waals surface area contributed by atoms with Crippen molar-refractivity contribution in [3.05, 3.63) is 64.6 Å². The molecule has 1 atom stereocenters. The predicted molar refractivity (Wildman–Crippen MR) is 73.3 cm³/mol. The molecule has 1 aliphatic heterocycles. The van der Waals surface area contributed by atoms with Crippen molar-refractivity contribution in [1.82, 2.24) is 0 Å². The van der Waals surface area contributed by atoms with Crippen LogP contribution in [0.1, 0.15) is 17.2 Å². The van der Waals surface area contributed by atoms with Crippen LogP contribution in [0, 0.1) is 11.8 Å². The molecule has 4 heteroatoms. The number of rotatable bonds is 2. The Balaban J connectivity index is 2.19. The van der Waals surface area contributed by atoms with Crippen LogP contribution in [0.25, 0.3) is 0 Å². The van der Waals surface area contributed by atoms with Gasteiger partial charge in [-0.2, -0.15) is 0 Å². The molecule has 0 bridgehead atoms. The highest BCUT2D eigenvalue weighted by Gasteiger charge is 2.39. The molecule has 1 aliphatic rings. The normalized spacial score (nSPS) is 17.4. The van der Waals surface area contributed by atoms with Gasteiger partial charge in [-0.25, -0.2) is 0 Å². The number of benzene rings is 2. The number of para-hydroxylation sites is 1. The van der Waals surface area contributed by atoms with E-state index in [0.717, 1.165) is 16.9 Å². The van der Waals surface area contributed by atoms with Gasteiger partial charge in [-0.3, -0.25) is 9.69 Å². The number of anilines is 2. The first-order chi connectivity index (χ1) is 9.22. The van der Waals surface area contributed by atoms with Gasteiger partial charge in [0.1, 0.15) is 0 Å². The van der Waals surface area contributed by atoms with E-state index in [4.69, 9.17) is 0 Å². The molecule has 0 aliphatic carbocycles. The predicted octanol–water partition coefficient (Wildman–Crippen LogP) is 3.48. The third kappa shape index (κ3) is 1.73. The molecular weight excluding hydrogens is 240 g/mol. The van der Waals surface area contributed by atoms with E-state index in [1.54, 1.807) is 4.90 Å². The van der Waals surface area contributed by atoms with Gasteiger partial charge in [0.2, 0.25) is 0 Å². The fourth-order valence-corrected chi connectivity index (χ4v) is 2.42. The molecule has 2 aromatic rings. The maximum atomic E-state index is 12.3. The summed E-state index contributed by atoms with van der Waals surface area (Å²) in [6.45, 7) is 1.93. The Morgan fingerprint density at radius 2 is 1.84 bits per heavy atom. The van der Waals surface area contributed by atoms with E-state index in [9.17, 15) is 9.70 Å². The summed E-state index contributed by atoms with van der Waals surface area (Å²) in [5.74, 6) is -0.290. The lowest BCUT2D eigenvalue weighted by molar-refractivity contribution is -0.118. The molecule has 19 heavy (non-hydrogen) atoms. The summed E-state index contributed by atoms with van der Waals surface area (Å²) < 4.78 is 0. The van der Waals surface area contributed by atoms with Crippen molar-refractivity contribution in [2.24, 2.45) is 5.18 Å². The fourth-order valence-electron chi connectivity index (χ4n) is 2.42. The Hall–Kier alpha value is -2.49. The van der Waals surface area contributed by atoms with Gasteiger partial charge in [0.05, 0.1) is 5.69 Å². The van der Waals surface area contributed by atoms with Gasteiger partial charge in [0, 0.05) is 11.3 Å². The third-order valence-corrected chi connectivity index (χ3v) is 3.29. The monoisotopic (exact) mass is 252 g/mol. The van der Waals surface area contributed by atoms with E-state index in [0.29, 0.717) is 5.56 Å². The average Bonchev–Trinajstić information content (AvgIpc) is 2.70. The molecule has 0 spiro atoms. The SMILES string of the molecule is Cc1ccc2c(c1)C(N=O)C(=O)N2c1ccccc1. The number of hydrogen-bond donors (Lipinski definition) is 0. The topological polar surface area (TPSA) is 49.7 Å². The highest BCUT2D eigenvalue weighted by molar-refractivity contribution is 6.10. The molecule has 0 saturated carbocycles. The molecule has 0 aromatic heterocycles. The van der Waals surface area contributed by atoms with Crippen LogP contribution in [0.4, 0.5) is 11.4 Å².